The first-order valence-electron chi connectivity index (χ1n) is 9.08. The average molecular weight is 345 g/mol. The molecule has 0 aliphatic heterocycles. The Hall–Kier alpha value is -2.88. The van der Waals surface area contributed by atoms with E-state index in [1.807, 2.05) is 42.7 Å². The van der Waals surface area contributed by atoms with E-state index in [2.05, 4.69) is 41.0 Å². The highest BCUT2D eigenvalue weighted by Gasteiger charge is 2.33. The number of nitrogens with one attached hydrogen (secondary N) is 1. The molecule has 3 aromatic rings. The van der Waals surface area contributed by atoms with Crippen molar-refractivity contribution >= 4 is 17.7 Å². The first kappa shape index (κ1) is 16.6. The van der Waals surface area contributed by atoms with Crippen LogP contribution >= 0.6 is 0 Å². The number of anilines is 2. The Labute approximate surface area is 153 Å². The number of carbonyl (C=O) groups excluding carboxylic acids is 1. The molecule has 132 valence electrons. The minimum absolute atomic E-state index is 0.0678. The normalized spacial score (nSPS) is 19.0. The van der Waals surface area contributed by atoms with Gasteiger partial charge in [0, 0.05) is 47.9 Å². The van der Waals surface area contributed by atoms with E-state index in [1.54, 1.807) is 0 Å². The zero-order valence-electron chi connectivity index (χ0n) is 15.1. The number of aromatic nitrogens is 2. The topological polar surface area (TPSA) is 46.9 Å². The second kappa shape index (κ2) is 6.79. The second-order valence-corrected chi connectivity index (χ2v) is 7.16. The number of hydrogen-bond acceptors (Lipinski definition) is 3. The van der Waals surface area contributed by atoms with E-state index in [4.69, 9.17) is 0 Å². The predicted molar refractivity (Wildman–Crippen MR) is 105 cm³/mol. The molecule has 2 heterocycles. The predicted octanol–water partition coefficient (Wildman–Crippen LogP) is 4.70. The van der Waals surface area contributed by atoms with Crippen LogP contribution < -0.4 is 5.32 Å². The Bertz CT molecular complexity index is 916. The van der Waals surface area contributed by atoms with Crippen molar-refractivity contribution in [1.82, 2.24) is 9.55 Å². The van der Waals surface area contributed by atoms with Gasteiger partial charge in [0.1, 0.15) is 6.29 Å². The van der Waals surface area contributed by atoms with E-state index >= 15 is 0 Å². The zero-order chi connectivity index (χ0) is 18.1. The summed E-state index contributed by atoms with van der Waals surface area (Å²) in [4.78, 5) is 16.0. The summed E-state index contributed by atoms with van der Waals surface area (Å²) in [6.45, 7) is 2.23. The first-order valence-corrected chi connectivity index (χ1v) is 9.08. The number of benzene rings is 1. The summed E-state index contributed by atoms with van der Waals surface area (Å²) in [6, 6.07) is 14.2. The molecule has 4 heteroatoms. The summed E-state index contributed by atoms with van der Waals surface area (Å²) in [5.41, 5.74) is 6.69. The van der Waals surface area contributed by atoms with Crippen LogP contribution in [0.4, 0.5) is 11.4 Å². The van der Waals surface area contributed by atoms with Gasteiger partial charge < -0.3 is 14.7 Å². The van der Waals surface area contributed by atoms with Gasteiger partial charge in [0.05, 0.1) is 11.4 Å². The summed E-state index contributed by atoms with van der Waals surface area (Å²) >= 11 is 0. The Morgan fingerprint density at radius 2 is 1.88 bits per heavy atom. The average Bonchev–Trinajstić information content (AvgIpc) is 2.94. The van der Waals surface area contributed by atoms with Crippen molar-refractivity contribution < 1.29 is 4.79 Å². The maximum absolute atomic E-state index is 11.9. The Morgan fingerprint density at radius 1 is 1.15 bits per heavy atom. The molecule has 1 N–H and O–H groups in total. The molecule has 1 aliphatic carbocycles. The molecule has 4 nitrogen and oxygen atoms in total. The van der Waals surface area contributed by atoms with Gasteiger partial charge in [0.2, 0.25) is 0 Å². The first-order chi connectivity index (χ1) is 12.7. The number of nitrogens with zero attached hydrogens (tertiary/aromatic N) is 2. The molecule has 1 aromatic carbocycles. The molecule has 0 saturated carbocycles. The van der Waals surface area contributed by atoms with Crippen molar-refractivity contribution in [3.63, 3.8) is 0 Å². The van der Waals surface area contributed by atoms with E-state index in [1.165, 1.54) is 5.69 Å². The van der Waals surface area contributed by atoms with Crippen LogP contribution in [0.3, 0.4) is 0 Å². The molecule has 0 spiro atoms. The Morgan fingerprint density at radius 3 is 2.58 bits per heavy atom. The van der Waals surface area contributed by atoms with Crippen molar-refractivity contribution in [2.75, 3.05) is 5.32 Å². The van der Waals surface area contributed by atoms with Crippen LogP contribution in [0.15, 0.2) is 54.9 Å². The zero-order valence-corrected chi connectivity index (χ0v) is 15.1. The van der Waals surface area contributed by atoms with Crippen molar-refractivity contribution in [3.8, 4) is 11.3 Å². The number of carbonyl (C=O) groups is 1. The van der Waals surface area contributed by atoms with E-state index in [0.717, 1.165) is 47.3 Å². The van der Waals surface area contributed by atoms with Crippen LogP contribution in [-0.4, -0.2) is 15.8 Å². The third-order valence-electron chi connectivity index (χ3n) is 5.29. The van der Waals surface area contributed by atoms with Gasteiger partial charge in [-0.15, -0.1) is 0 Å². The SMILES string of the molecule is CC1Cc2c(c(Nc3ccccc3)c(-c3ccncc3)n2C)C(C=O)C1. The number of pyridine rings is 1. The smallest absolute Gasteiger partial charge is 0.127 e. The summed E-state index contributed by atoms with van der Waals surface area (Å²) in [7, 11) is 2.10. The maximum atomic E-state index is 11.9. The molecule has 2 unspecified atom stereocenters. The van der Waals surface area contributed by atoms with Crippen LogP contribution in [0.25, 0.3) is 11.3 Å². The molecule has 2 aromatic heterocycles. The molecule has 4 rings (SSSR count). The molecule has 26 heavy (non-hydrogen) atoms. The maximum Gasteiger partial charge on any atom is 0.127 e. The number of fused-ring (bicyclic) bond motifs is 1. The largest absolute Gasteiger partial charge is 0.354 e. The van der Waals surface area contributed by atoms with Gasteiger partial charge in [-0.1, -0.05) is 25.1 Å². The molecule has 0 saturated heterocycles. The highest BCUT2D eigenvalue weighted by atomic mass is 16.1. The van der Waals surface area contributed by atoms with Crippen LogP contribution in [0, 0.1) is 5.92 Å². The molecular formula is C22H23N3O. The lowest BCUT2D eigenvalue weighted by molar-refractivity contribution is -0.109. The number of aldehydes is 1. The third kappa shape index (κ3) is 2.81. The van der Waals surface area contributed by atoms with Gasteiger partial charge in [-0.2, -0.15) is 0 Å². The molecule has 0 amide bonds. The van der Waals surface area contributed by atoms with Crippen molar-refractivity contribution in [1.29, 1.82) is 0 Å². The van der Waals surface area contributed by atoms with Crippen LogP contribution in [0.1, 0.15) is 30.5 Å². The van der Waals surface area contributed by atoms with Gasteiger partial charge in [0.15, 0.2) is 0 Å². The summed E-state index contributed by atoms with van der Waals surface area (Å²) < 4.78 is 2.25. The molecule has 0 bridgehead atoms. The van der Waals surface area contributed by atoms with Gasteiger partial charge in [0.25, 0.3) is 0 Å². The Kier molecular flexibility index (Phi) is 4.33. The quantitative estimate of drug-likeness (QED) is 0.698. The van der Waals surface area contributed by atoms with E-state index in [-0.39, 0.29) is 5.92 Å². The molecular weight excluding hydrogens is 322 g/mol. The number of rotatable bonds is 4. The summed E-state index contributed by atoms with van der Waals surface area (Å²) in [5.74, 6) is 0.433. The molecule has 2 atom stereocenters. The second-order valence-electron chi connectivity index (χ2n) is 7.16. The summed E-state index contributed by atoms with van der Waals surface area (Å²) in [5, 5.41) is 3.60. The lowest BCUT2D eigenvalue weighted by Crippen LogP contribution is -2.19. The molecule has 0 fully saturated rings. The van der Waals surface area contributed by atoms with Gasteiger partial charge in [-0.25, -0.2) is 0 Å². The van der Waals surface area contributed by atoms with Crippen molar-refractivity contribution in [2.45, 2.75) is 25.7 Å². The summed E-state index contributed by atoms with van der Waals surface area (Å²) in [6.07, 6.45) is 6.63. The minimum Gasteiger partial charge on any atom is -0.354 e. The fourth-order valence-electron chi connectivity index (χ4n) is 4.13. The third-order valence-corrected chi connectivity index (χ3v) is 5.29. The highest BCUT2D eigenvalue weighted by molar-refractivity contribution is 5.86. The van der Waals surface area contributed by atoms with Crippen LogP contribution in [0.2, 0.25) is 0 Å². The lowest BCUT2D eigenvalue weighted by Gasteiger charge is -2.25. The fraction of sp³-hybridized carbons (Fsp3) is 0.273. The van der Waals surface area contributed by atoms with Crippen molar-refractivity contribution in [3.05, 3.63) is 66.1 Å². The van der Waals surface area contributed by atoms with Crippen LogP contribution in [-0.2, 0) is 18.3 Å². The molecule has 0 radical (unpaired) electrons. The number of para-hydroxylation sites is 1. The minimum atomic E-state index is -0.0678. The van der Waals surface area contributed by atoms with Crippen molar-refractivity contribution in [2.24, 2.45) is 13.0 Å². The fourth-order valence-corrected chi connectivity index (χ4v) is 4.13. The van der Waals surface area contributed by atoms with E-state index < -0.39 is 0 Å². The van der Waals surface area contributed by atoms with Gasteiger partial charge in [-0.05, 0) is 43.0 Å². The number of hydrogen-bond donors (Lipinski definition) is 1. The Balaban J connectivity index is 1.94. The van der Waals surface area contributed by atoms with Gasteiger partial charge >= 0.3 is 0 Å². The van der Waals surface area contributed by atoms with Gasteiger partial charge in [-0.3, -0.25) is 4.98 Å². The lowest BCUT2D eigenvalue weighted by atomic mass is 9.81. The van der Waals surface area contributed by atoms with E-state index in [9.17, 15) is 4.79 Å². The van der Waals surface area contributed by atoms with E-state index in [0.29, 0.717) is 5.92 Å². The molecule has 1 aliphatic rings. The highest BCUT2D eigenvalue weighted by Crippen LogP contribution is 2.45. The standard InChI is InChI=1S/C22H23N3O/c1-15-12-17(14-26)20-19(13-15)25(2)22(16-8-10-23-11-9-16)21(20)24-18-6-4-3-5-7-18/h3-11,14-15,17,24H,12-13H2,1-2H3. The van der Waals surface area contributed by atoms with Crippen LogP contribution in [0.5, 0.6) is 0 Å². The monoisotopic (exact) mass is 345 g/mol.